The summed E-state index contributed by atoms with van der Waals surface area (Å²) in [6.07, 6.45) is 0. The Morgan fingerprint density at radius 1 is 0.387 bits per heavy atom. The molecule has 162 valence electrons. The monoisotopic (exact) mass is 818 g/mol. The van der Waals surface area contributed by atoms with E-state index in [0.29, 0.717) is 0 Å². The van der Waals surface area contributed by atoms with Crippen LogP contribution in [0.25, 0.3) is 0 Å². The Kier molecular flexibility index (Phi) is 8.17. The highest BCUT2D eigenvalue weighted by molar-refractivity contribution is 9.11. The highest BCUT2D eigenvalue weighted by Gasteiger charge is 2.40. The van der Waals surface area contributed by atoms with Gasteiger partial charge < -0.3 is 0 Å². The lowest BCUT2D eigenvalue weighted by atomic mass is 9.36. The van der Waals surface area contributed by atoms with E-state index in [9.17, 15) is 0 Å². The summed E-state index contributed by atoms with van der Waals surface area (Å²) < 4.78 is 89.2. The van der Waals surface area contributed by atoms with Crippen molar-refractivity contribution in [3.05, 3.63) is 79.9 Å². The molecule has 0 spiro atoms. The summed E-state index contributed by atoms with van der Waals surface area (Å²) in [5.74, 6) is -7.69. The molecule has 0 amide bonds. The second kappa shape index (κ2) is 9.81. The van der Waals surface area contributed by atoms with Crippen LogP contribution in [0.2, 0.25) is 0 Å². The van der Waals surface area contributed by atoms with Gasteiger partial charge in [-0.2, -0.15) is 0 Å². The molecule has 0 fully saturated rings. The minimum atomic E-state index is -2.18. The fraction of sp³-hybridized carbons (Fsp3) is 0. The van der Waals surface area contributed by atoms with Crippen molar-refractivity contribution in [3.63, 3.8) is 0 Å². The molecule has 0 aromatic heterocycles. The Labute approximate surface area is 223 Å². The molecule has 0 aliphatic rings. The predicted octanol–water partition coefficient (Wildman–Crippen LogP) is 7.61. The van der Waals surface area contributed by atoms with E-state index < -0.39 is 58.0 Å². The van der Waals surface area contributed by atoms with Gasteiger partial charge in [0.1, 0.15) is 34.9 Å². The molecule has 0 atom stereocenters. The highest BCUT2D eigenvalue weighted by Crippen LogP contribution is 2.29. The zero-order chi connectivity index (χ0) is 23.4. The van der Waals surface area contributed by atoms with Gasteiger partial charge in [0.15, 0.2) is 0 Å². The van der Waals surface area contributed by atoms with Crippen LogP contribution < -0.4 is 16.4 Å². The Morgan fingerprint density at radius 2 is 0.548 bits per heavy atom. The van der Waals surface area contributed by atoms with E-state index in [1.807, 2.05) is 0 Å². The summed E-state index contributed by atoms with van der Waals surface area (Å²) in [4.78, 5) is 0. The Hall–Kier alpha value is 0.185. The van der Waals surface area contributed by atoms with Gasteiger partial charge >= 0.3 is 0 Å². The zero-order valence-corrected chi connectivity index (χ0v) is 23.9. The summed E-state index contributed by atoms with van der Waals surface area (Å²) in [6.45, 7) is -2.18. The molecule has 13 heteroatoms. The van der Waals surface area contributed by atoms with Crippen LogP contribution in [0.1, 0.15) is 0 Å². The number of hydrogen-bond acceptors (Lipinski definition) is 0. The standard InChI is InChI=1S/C18H3BBr6F6/c20-4-1-5(21)14(27)10(13(4)26)19(11-15(28)6(22)2-7(23)16(11)29)12-17(30)8(24)3-9(25)18(12)31/h1-3H. The maximum absolute atomic E-state index is 15.1. The van der Waals surface area contributed by atoms with Crippen LogP contribution in [-0.4, -0.2) is 6.71 Å². The first-order valence-electron chi connectivity index (χ1n) is 7.87. The van der Waals surface area contributed by atoms with E-state index in [0.717, 1.165) is 18.2 Å². The summed E-state index contributed by atoms with van der Waals surface area (Å²) in [5, 5.41) is 0. The number of hydrogen-bond donors (Lipinski definition) is 0. The zero-order valence-electron chi connectivity index (χ0n) is 14.3. The van der Waals surface area contributed by atoms with Gasteiger partial charge in [0.25, 0.3) is 6.71 Å². The normalized spacial score (nSPS) is 11.2. The molecule has 0 unspecified atom stereocenters. The molecule has 0 N–H and O–H groups in total. The van der Waals surface area contributed by atoms with Crippen molar-refractivity contribution in [2.45, 2.75) is 0 Å². The summed E-state index contributed by atoms with van der Waals surface area (Å²) in [7, 11) is 0. The quantitative estimate of drug-likeness (QED) is 0.145. The molecule has 0 bridgehead atoms. The van der Waals surface area contributed by atoms with Crippen LogP contribution in [0, 0.1) is 34.9 Å². The summed E-state index contributed by atoms with van der Waals surface area (Å²) in [6, 6.07) is 3.08. The molecule has 0 heterocycles. The lowest BCUT2D eigenvalue weighted by Gasteiger charge is -2.22. The summed E-state index contributed by atoms with van der Waals surface area (Å²) in [5.41, 5.74) is -2.90. The first-order valence-corrected chi connectivity index (χ1v) is 12.6. The highest BCUT2D eigenvalue weighted by atomic mass is 79.9. The van der Waals surface area contributed by atoms with E-state index in [4.69, 9.17) is 0 Å². The largest absolute Gasteiger partial charge is 0.264 e. The Balaban J connectivity index is 2.61. The van der Waals surface area contributed by atoms with Crippen LogP contribution in [0.15, 0.2) is 45.0 Å². The molecule has 0 nitrogen and oxygen atoms in total. The Morgan fingerprint density at radius 3 is 0.710 bits per heavy atom. The van der Waals surface area contributed by atoms with Gasteiger partial charge in [-0.05, 0) is 114 Å². The molecular weight excluding hydrogens is 820 g/mol. The molecule has 0 saturated heterocycles. The minimum absolute atomic E-state index is 0.287. The van der Waals surface area contributed by atoms with E-state index in [1.165, 1.54) is 0 Å². The van der Waals surface area contributed by atoms with Gasteiger partial charge in [0.05, 0.1) is 26.8 Å². The van der Waals surface area contributed by atoms with Gasteiger partial charge in [-0.1, -0.05) is 0 Å². The average molecular weight is 823 g/mol. The maximum Gasteiger partial charge on any atom is 0.264 e. The van der Waals surface area contributed by atoms with E-state index in [-0.39, 0.29) is 26.8 Å². The van der Waals surface area contributed by atoms with Crippen LogP contribution >= 0.6 is 95.6 Å². The molecule has 3 aromatic carbocycles. The maximum atomic E-state index is 15.1. The number of halogens is 12. The van der Waals surface area contributed by atoms with Crippen LogP contribution in [0.4, 0.5) is 26.3 Å². The van der Waals surface area contributed by atoms with Crippen molar-refractivity contribution in [2.24, 2.45) is 0 Å². The number of rotatable bonds is 3. The van der Waals surface area contributed by atoms with Gasteiger partial charge in [-0.25, -0.2) is 26.3 Å². The third-order valence-electron chi connectivity index (χ3n) is 4.30. The van der Waals surface area contributed by atoms with Crippen LogP contribution in [0.5, 0.6) is 0 Å². The fourth-order valence-corrected chi connectivity index (χ4v) is 6.54. The molecule has 0 radical (unpaired) electrons. The first kappa shape index (κ1) is 25.8. The van der Waals surface area contributed by atoms with Gasteiger partial charge in [0.2, 0.25) is 0 Å². The van der Waals surface area contributed by atoms with Crippen LogP contribution in [-0.2, 0) is 0 Å². The molecule has 0 saturated carbocycles. The minimum Gasteiger partial charge on any atom is -0.206 e. The van der Waals surface area contributed by atoms with Gasteiger partial charge in [0, 0.05) is 16.4 Å². The third-order valence-corrected chi connectivity index (χ3v) is 7.77. The topological polar surface area (TPSA) is 0 Å². The summed E-state index contributed by atoms with van der Waals surface area (Å²) >= 11 is 17.4. The lowest BCUT2D eigenvalue weighted by molar-refractivity contribution is 0.580. The van der Waals surface area contributed by atoms with E-state index in [2.05, 4.69) is 95.6 Å². The SMILES string of the molecule is Fc1c(Br)cc(Br)c(F)c1B(c1c(F)c(Br)cc(Br)c1F)c1c(F)c(Br)cc(Br)c1F. The average Bonchev–Trinajstić information content (AvgIpc) is 2.69. The molecule has 3 rings (SSSR count). The first-order chi connectivity index (χ1) is 14.4. The smallest absolute Gasteiger partial charge is 0.206 e. The van der Waals surface area contributed by atoms with E-state index in [1.54, 1.807) is 0 Å². The second-order valence-electron chi connectivity index (χ2n) is 6.08. The predicted molar refractivity (Wildman–Crippen MR) is 130 cm³/mol. The van der Waals surface area contributed by atoms with Crippen molar-refractivity contribution >= 4 is 119 Å². The Bertz CT molecular complexity index is 1010. The van der Waals surface area contributed by atoms with Crippen molar-refractivity contribution in [1.82, 2.24) is 0 Å². The molecule has 3 aromatic rings. The van der Waals surface area contributed by atoms with Gasteiger partial charge in [-0.3, -0.25) is 0 Å². The molecule has 0 aliphatic heterocycles. The third kappa shape index (κ3) is 4.60. The second-order valence-corrected chi connectivity index (χ2v) is 11.2. The van der Waals surface area contributed by atoms with Crippen molar-refractivity contribution in [2.75, 3.05) is 0 Å². The number of benzene rings is 3. The van der Waals surface area contributed by atoms with Crippen molar-refractivity contribution < 1.29 is 26.3 Å². The molecule has 31 heavy (non-hydrogen) atoms. The molecule has 0 aliphatic carbocycles. The molecular formula is C18H3BBr6F6. The van der Waals surface area contributed by atoms with Crippen molar-refractivity contribution in [3.8, 4) is 0 Å². The van der Waals surface area contributed by atoms with E-state index >= 15 is 26.3 Å². The van der Waals surface area contributed by atoms with Crippen LogP contribution in [0.3, 0.4) is 0 Å². The van der Waals surface area contributed by atoms with Gasteiger partial charge in [-0.15, -0.1) is 0 Å². The van der Waals surface area contributed by atoms with Crippen molar-refractivity contribution in [1.29, 1.82) is 0 Å². The lowest BCUT2D eigenvalue weighted by Crippen LogP contribution is -2.59. The fourth-order valence-electron chi connectivity index (χ4n) is 2.97.